The first-order valence-corrected chi connectivity index (χ1v) is 8.72. The number of aromatic nitrogens is 1. The highest BCUT2D eigenvalue weighted by atomic mass is 19.1. The van der Waals surface area contributed by atoms with Crippen LogP contribution in [-0.4, -0.2) is 53.3 Å². The lowest BCUT2D eigenvalue weighted by molar-refractivity contribution is 0.0949. The summed E-state index contributed by atoms with van der Waals surface area (Å²) in [5.74, 6) is -0.987. The minimum absolute atomic E-state index is 0.0350. The Kier molecular flexibility index (Phi) is 4.46. The average Bonchev–Trinajstić information content (AvgIpc) is 3.30. The van der Waals surface area contributed by atoms with Crippen LogP contribution in [0.25, 0.3) is 11.5 Å². The first-order chi connectivity index (χ1) is 12.6. The number of hydrogen-bond donors (Lipinski definition) is 0. The van der Waals surface area contributed by atoms with E-state index < -0.39 is 0 Å². The van der Waals surface area contributed by atoms with Crippen LogP contribution in [0.5, 0.6) is 0 Å². The zero-order chi connectivity index (χ0) is 18.1. The van der Waals surface area contributed by atoms with Crippen molar-refractivity contribution in [3.05, 3.63) is 41.5 Å². The van der Waals surface area contributed by atoms with Gasteiger partial charge >= 0.3 is 0 Å². The van der Waals surface area contributed by atoms with Gasteiger partial charge in [0.15, 0.2) is 11.5 Å². The number of fused-ring (bicyclic) bond motifs is 1. The molecule has 0 amide bonds. The minimum Gasteiger partial charge on any atom is -0.432 e. The lowest BCUT2D eigenvalue weighted by Gasteiger charge is -2.13. The third-order valence-corrected chi connectivity index (χ3v) is 4.70. The van der Waals surface area contributed by atoms with Crippen molar-refractivity contribution in [1.82, 2.24) is 9.88 Å². The number of nitrogens with zero attached hydrogens (tertiary/aromatic N) is 3. The number of rotatable bonds is 4. The molecule has 0 spiro atoms. The van der Waals surface area contributed by atoms with Crippen LogP contribution in [0.1, 0.15) is 40.3 Å². The van der Waals surface area contributed by atoms with Crippen LogP contribution >= 0.6 is 0 Å². The summed E-state index contributed by atoms with van der Waals surface area (Å²) < 4.78 is 18.6. The van der Waals surface area contributed by atoms with Crippen molar-refractivity contribution in [3.63, 3.8) is 0 Å². The molecule has 1 aromatic heterocycles. The highest BCUT2D eigenvalue weighted by Gasteiger charge is 2.35. The van der Waals surface area contributed by atoms with Crippen molar-refractivity contribution in [1.29, 1.82) is 0 Å². The maximum absolute atomic E-state index is 13.1. The zero-order valence-electron chi connectivity index (χ0n) is 14.2. The monoisotopic (exact) mass is 355 g/mol. The number of carbonyl (C=O) groups excluding carboxylic acids is 2. The molecular formula is C19H18FN3O3. The number of aliphatic imine (C=N–C) groups is 1. The van der Waals surface area contributed by atoms with E-state index in [9.17, 15) is 14.0 Å². The Bertz CT molecular complexity index is 880. The van der Waals surface area contributed by atoms with E-state index in [1.807, 2.05) is 0 Å². The van der Waals surface area contributed by atoms with Gasteiger partial charge in [0.2, 0.25) is 17.4 Å². The van der Waals surface area contributed by atoms with Crippen LogP contribution in [0.4, 0.5) is 4.39 Å². The Labute approximate surface area is 149 Å². The summed E-state index contributed by atoms with van der Waals surface area (Å²) in [6.45, 7) is 3.40. The second kappa shape index (κ2) is 6.92. The summed E-state index contributed by atoms with van der Waals surface area (Å²) in [7, 11) is 0. The van der Waals surface area contributed by atoms with Crippen molar-refractivity contribution in [2.75, 3.05) is 26.2 Å². The molecule has 1 aromatic carbocycles. The van der Waals surface area contributed by atoms with Gasteiger partial charge in [0.1, 0.15) is 5.82 Å². The number of benzene rings is 1. The largest absolute Gasteiger partial charge is 0.432 e. The van der Waals surface area contributed by atoms with Crippen molar-refractivity contribution >= 4 is 17.3 Å². The molecule has 1 aliphatic heterocycles. The van der Waals surface area contributed by atoms with Crippen molar-refractivity contribution in [2.24, 2.45) is 4.99 Å². The van der Waals surface area contributed by atoms with Crippen LogP contribution in [0, 0.1) is 5.82 Å². The molecule has 0 unspecified atom stereocenters. The molecule has 0 radical (unpaired) electrons. The SMILES string of the molecule is O=C1CC(=NCCN2CCCC2)C(=O)c2oc(-c3ccc(F)cc3)nc21. The molecule has 0 bridgehead atoms. The molecule has 0 N–H and O–H groups in total. The van der Waals surface area contributed by atoms with Gasteiger partial charge in [0.25, 0.3) is 0 Å². The Hall–Kier alpha value is -2.67. The fourth-order valence-corrected chi connectivity index (χ4v) is 3.29. The maximum Gasteiger partial charge on any atom is 0.244 e. The van der Waals surface area contributed by atoms with Gasteiger partial charge in [-0.15, -0.1) is 0 Å². The van der Waals surface area contributed by atoms with Crippen LogP contribution in [0.2, 0.25) is 0 Å². The number of Topliss-reactive ketones (excluding diaryl/α,β-unsaturated/α-hetero) is 2. The minimum atomic E-state index is -0.387. The van der Waals surface area contributed by atoms with E-state index in [1.165, 1.54) is 37.1 Å². The van der Waals surface area contributed by atoms with Crippen LogP contribution < -0.4 is 0 Å². The van der Waals surface area contributed by atoms with Gasteiger partial charge in [-0.25, -0.2) is 9.37 Å². The first-order valence-electron chi connectivity index (χ1n) is 8.72. The molecule has 2 aromatic rings. The standard InChI is InChI=1S/C19H18FN3O3/c20-13-5-3-12(4-6-13)19-22-16-15(24)11-14(17(25)18(16)26-19)21-7-10-23-8-1-2-9-23/h3-6H,1-2,7-11H2. The molecular weight excluding hydrogens is 337 g/mol. The summed E-state index contributed by atoms with van der Waals surface area (Å²) in [4.78, 5) is 35.7. The van der Waals surface area contributed by atoms with E-state index in [-0.39, 0.29) is 46.9 Å². The van der Waals surface area contributed by atoms with Gasteiger partial charge in [-0.1, -0.05) is 0 Å². The number of oxazole rings is 1. The Balaban J connectivity index is 1.55. The molecule has 2 heterocycles. The van der Waals surface area contributed by atoms with Gasteiger partial charge in [-0.3, -0.25) is 14.6 Å². The lowest BCUT2D eigenvalue weighted by atomic mass is 9.97. The fourth-order valence-electron chi connectivity index (χ4n) is 3.29. The van der Waals surface area contributed by atoms with Gasteiger partial charge in [-0.05, 0) is 50.2 Å². The van der Waals surface area contributed by atoms with Crippen LogP contribution in [0.15, 0.2) is 33.7 Å². The van der Waals surface area contributed by atoms with Gasteiger partial charge in [-0.2, -0.15) is 0 Å². The molecule has 4 rings (SSSR count). The van der Waals surface area contributed by atoms with E-state index in [0.717, 1.165) is 19.6 Å². The predicted octanol–water partition coefficient (Wildman–Crippen LogP) is 2.79. The third kappa shape index (κ3) is 3.22. The molecule has 0 saturated carbocycles. The molecule has 1 fully saturated rings. The van der Waals surface area contributed by atoms with Crippen molar-refractivity contribution in [3.8, 4) is 11.5 Å². The third-order valence-electron chi connectivity index (χ3n) is 4.70. The maximum atomic E-state index is 13.1. The summed E-state index contributed by atoms with van der Waals surface area (Å²) in [6.07, 6.45) is 2.34. The van der Waals surface area contributed by atoms with E-state index >= 15 is 0 Å². The molecule has 6 nitrogen and oxygen atoms in total. The zero-order valence-corrected chi connectivity index (χ0v) is 14.2. The summed E-state index contributed by atoms with van der Waals surface area (Å²) in [5.41, 5.74) is 0.769. The quantitative estimate of drug-likeness (QED) is 0.843. The molecule has 134 valence electrons. The van der Waals surface area contributed by atoms with Gasteiger partial charge < -0.3 is 9.32 Å². The topological polar surface area (TPSA) is 75.8 Å². The number of halogens is 1. The second-order valence-electron chi connectivity index (χ2n) is 6.51. The lowest BCUT2D eigenvalue weighted by Crippen LogP contribution is -2.28. The Morgan fingerprint density at radius 1 is 1.15 bits per heavy atom. The molecule has 1 aliphatic carbocycles. The highest BCUT2D eigenvalue weighted by Crippen LogP contribution is 2.27. The van der Waals surface area contributed by atoms with Gasteiger partial charge in [0, 0.05) is 12.1 Å². The summed E-state index contributed by atoms with van der Waals surface area (Å²) in [5, 5.41) is 0. The highest BCUT2D eigenvalue weighted by molar-refractivity contribution is 6.51. The number of carbonyl (C=O) groups is 2. The predicted molar refractivity (Wildman–Crippen MR) is 93.2 cm³/mol. The van der Waals surface area contributed by atoms with Crippen LogP contribution in [0.3, 0.4) is 0 Å². The smallest absolute Gasteiger partial charge is 0.244 e. The Morgan fingerprint density at radius 2 is 1.88 bits per heavy atom. The normalized spacial score (nSPS) is 19.3. The van der Waals surface area contributed by atoms with E-state index in [1.54, 1.807) is 0 Å². The average molecular weight is 355 g/mol. The van der Waals surface area contributed by atoms with E-state index in [0.29, 0.717) is 12.1 Å². The molecule has 26 heavy (non-hydrogen) atoms. The second-order valence-corrected chi connectivity index (χ2v) is 6.51. The molecule has 0 atom stereocenters. The molecule has 1 saturated heterocycles. The number of ketones is 2. The summed E-state index contributed by atoms with van der Waals surface area (Å²) >= 11 is 0. The van der Waals surface area contributed by atoms with Crippen LogP contribution in [-0.2, 0) is 0 Å². The van der Waals surface area contributed by atoms with E-state index in [4.69, 9.17) is 4.42 Å². The molecule has 7 heteroatoms. The number of hydrogen-bond acceptors (Lipinski definition) is 6. The fraction of sp³-hybridized carbons (Fsp3) is 0.368. The molecule has 2 aliphatic rings. The number of likely N-dealkylation sites (tertiary alicyclic amines) is 1. The van der Waals surface area contributed by atoms with E-state index in [2.05, 4.69) is 14.9 Å². The van der Waals surface area contributed by atoms with Crippen molar-refractivity contribution in [2.45, 2.75) is 19.3 Å². The van der Waals surface area contributed by atoms with Gasteiger partial charge in [0.05, 0.1) is 18.7 Å². The summed E-state index contributed by atoms with van der Waals surface area (Å²) in [6, 6.07) is 5.53. The van der Waals surface area contributed by atoms with Crippen molar-refractivity contribution < 1.29 is 18.4 Å². The first kappa shape index (κ1) is 16.8. The Morgan fingerprint density at radius 3 is 2.62 bits per heavy atom.